The number of hydrogen-bond donors (Lipinski definition) is 0. The Labute approximate surface area is 239 Å². The van der Waals surface area contributed by atoms with Crippen LogP contribution < -0.4 is 9.47 Å². The van der Waals surface area contributed by atoms with Crippen LogP contribution in [0.2, 0.25) is 0 Å². The minimum atomic E-state index is -0.474. The molecule has 0 amide bonds. The maximum absolute atomic E-state index is 13.6. The number of aliphatic imine (C=N–C) groups is 2. The summed E-state index contributed by atoms with van der Waals surface area (Å²) in [6.45, 7) is 2.34. The molecule has 41 heavy (non-hydrogen) atoms. The molecule has 1 aliphatic carbocycles. The van der Waals surface area contributed by atoms with Crippen molar-refractivity contribution in [2.45, 2.75) is 19.8 Å². The van der Waals surface area contributed by atoms with E-state index >= 15 is 0 Å². The number of methoxy groups -OCH3 is 2. The second-order valence-electron chi connectivity index (χ2n) is 9.53. The summed E-state index contributed by atoms with van der Waals surface area (Å²) in [5, 5.41) is 0. The molecular weight excluding hydrogens is 516 g/mol. The average molecular weight is 547 g/mol. The van der Waals surface area contributed by atoms with Crippen LogP contribution in [-0.2, 0) is 4.74 Å². The summed E-state index contributed by atoms with van der Waals surface area (Å²) in [6, 6.07) is 23.8. The van der Waals surface area contributed by atoms with Crippen LogP contribution in [0.5, 0.6) is 11.5 Å². The molecule has 7 heteroatoms. The number of fused-ring (bicyclic) bond motifs is 3. The lowest BCUT2D eigenvalue weighted by Crippen LogP contribution is -2.08. The van der Waals surface area contributed by atoms with Gasteiger partial charge in [0, 0.05) is 29.1 Å². The number of nitrogens with zero attached hydrogens (tertiary/aromatic N) is 2. The molecule has 1 aliphatic rings. The molecule has 206 valence electrons. The van der Waals surface area contributed by atoms with Crippen LogP contribution in [0.3, 0.4) is 0 Å². The fourth-order valence-electron chi connectivity index (χ4n) is 4.56. The van der Waals surface area contributed by atoms with E-state index in [1.54, 1.807) is 44.8 Å². The van der Waals surface area contributed by atoms with Crippen molar-refractivity contribution in [2.24, 2.45) is 9.98 Å². The molecule has 0 spiro atoms. The van der Waals surface area contributed by atoms with E-state index in [-0.39, 0.29) is 5.78 Å². The number of carbonyl (C=O) groups is 2. The summed E-state index contributed by atoms with van der Waals surface area (Å²) in [5.41, 5.74) is 5.35. The quantitative estimate of drug-likeness (QED) is 0.104. The molecule has 0 atom stereocenters. The van der Waals surface area contributed by atoms with Gasteiger partial charge in [-0.2, -0.15) is 0 Å². The number of unbranched alkanes of at least 4 members (excludes halogenated alkanes) is 1. The number of esters is 1. The van der Waals surface area contributed by atoms with Gasteiger partial charge in [-0.15, -0.1) is 0 Å². The largest absolute Gasteiger partial charge is 0.497 e. The number of hydrogen-bond acceptors (Lipinski definition) is 7. The molecule has 0 aliphatic heterocycles. The van der Waals surface area contributed by atoms with Gasteiger partial charge in [0.15, 0.2) is 5.78 Å². The highest BCUT2D eigenvalue weighted by Crippen LogP contribution is 2.43. The Bertz CT molecular complexity index is 1640. The summed E-state index contributed by atoms with van der Waals surface area (Å²) in [4.78, 5) is 36.0. The molecule has 0 saturated heterocycles. The Balaban J connectivity index is 1.49. The fraction of sp³-hybridized carbons (Fsp3) is 0.176. The van der Waals surface area contributed by atoms with E-state index in [2.05, 4.69) is 9.98 Å². The zero-order valence-electron chi connectivity index (χ0n) is 23.2. The third kappa shape index (κ3) is 6.09. The second-order valence-corrected chi connectivity index (χ2v) is 9.53. The smallest absolute Gasteiger partial charge is 0.338 e. The van der Waals surface area contributed by atoms with Crippen molar-refractivity contribution in [2.75, 3.05) is 20.8 Å². The van der Waals surface area contributed by atoms with Crippen molar-refractivity contribution in [3.8, 4) is 22.6 Å². The highest BCUT2D eigenvalue weighted by molar-refractivity contribution is 6.25. The molecule has 0 unspecified atom stereocenters. The van der Waals surface area contributed by atoms with Crippen LogP contribution in [-0.4, -0.2) is 45.0 Å². The first-order valence-electron chi connectivity index (χ1n) is 13.4. The summed E-state index contributed by atoms with van der Waals surface area (Å²) in [6.07, 6.45) is 5.08. The maximum atomic E-state index is 13.6. The molecule has 0 fully saturated rings. The minimum Gasteiger partial charge on any atom is -0.497 e. The summed E-state index contributed by atoms with van der Waals surface area (Å²) < 4.78 is 16.0. The third-order valence-electron chi connectivity index (χ3n) is 6.79. The first-order valence-corrected chi connectivity index (χ1v) is 13.4. The van der Waals surface area contributed by atoms with Gasteiger partial charge >= 0.3 is 5.97 Å². The van der Waals surface area contributed by atoms with Crippen molar-refractivity contribution in [3.05, 3.63) is 107 Å². The number of ketones is 1. The van der Waals surface area contributed by atoms with E-state index in [4.69, 9.17) is 14.2 Å². The predicted molar refractivity (Wildman–Crippen MR) is 161 cm³/mol. The normalized spacial score (nSPS) is 12.0. The number of carbonyl (C=O) groups excluding carboxylic acids is 2. The monoisotopic (exact) mass is 546 g/mol. The SMILES string of the molecule is CCCCOC(=O)c1cc(N=Cc2ccc(OC)cc2)cc2c1-c1ccc(N=Cc3ccc(OC)cc3)cc1C2=O. The number of benzene rings is 4. The van der Waals surface area contributed by atoms with Gasteiger partial charge in [0.1, 0.15) is 11.5 Å². The summed E-state index contributed by atoms with van der Waals surface area (Å²) in [7, 11) is 3.23. The predicted octanol–water partition coefficient (Wildman–Crippen LogP) is 7.37. The Kier molecular flexibility index (Phi) is 8.34. The Morgan fingerprint density at radius 2 is 1.32 bits per heavy atom. The second kappa shape index (κ2) is 12.4. The van der Waals surface area contributed by atoms with Crippen LogP contribution in [0.25, 0.3) is 11.1 Å². The third-order valence-corrected chi connectivity index (χ3v) is 6.79. The van der Waals surface area contributed by atoms with E-state index in [9.17, 15) is 9.59 Å². The van der Waals surface area contributed by atoms with Gasteiger partial charge in [0.05, 0.1) is 37.8 Å². The zero-order chi connectivity index (χ0) is 28.8. The summed E-state index contributed by atoms with van der Waals surface area (Å²) in [5.74, 6) is 0.853. The average Bonchev–Trinajstić information content (AvgIpc) is 3.30. The molecule has 0 bridgehead atoms. The Hall–Kier alpha value is -5.04. The first kappa shape index (κ1) is 27.5. The van der Waals surface area contributed by atoms with Crippen LogP contribution in [0.1, 0.15) is 57.2 Å². The minimum absolute atomic E-state index is 0.180. The van der Waals surface area contributed by atoms with E-state index in [0.29, 0.717) is 45.8 Å². The highest BCUT2D eigenvalue weighted by atomic mass is 16.5. The number of ether oxygens (including phenoxy) is 3. The lowest BCUT2D eigenvalue weighted by molar-refractivity contribution is 0.0500. The molecule has 0 saturated carbocycles. The van der Waals surface area contributed by atoms with Crippen LogP contribution in [0.15, 0.2) is 88.8 Å². The molecule has 0 heterocycles. The van der Waals surface area contributed by atoms with Crippen molar-refractivity contribution in [1.82, 2.24) is 0 Å². The van der Waals surface area contributed by atoms with Gasteiger partial charge in [0.25, 0.3) is 0 Å². The van der Waals surface area contributed by atoms with Gasteiger partial charge in [0.2, 0.25) is 0 Å². The van der Waals surface area contributed by atoms with E-state index < -0.39 is 5.97 Å². The van der Waals surface area contributed by atoms with Gasteiger partial charge in [-0.3, -0.25) is 14.8 Å². The molecule has 5 rings (SSSR count). The topological polar surface area (TPSA) is 86.6 Å². The van der Waals surface area contributed by atoms with Crippen molar-refractivity contribution in [1.29, 1.82) is 0 Å². The maximum Gasteiger partial charge on any atom is 0.338 e. The van der Waals surface area contributed by atoms with Gasteiger partial charge in [-0.05, 0) is 95.9 Å². The molecule has 0 radical (unpaired) electrons. The Morgan fingerprint density at radius 3 is 1.90 bits per heavy atom. The lowest BCUT2D eigenvalue weighted by Gasteiger charge is -2.11. The molecule has 0 aromatic heterocycles. The first-order chi connectivity index (χ1) is 20.0. The van der Waals surface area contributed by atoms with Crippen molar-refractivity contribution < 1.29 is 23.8 Å². The lowest BCUT2D eigenvalue weighted by atomic mass is 9.98. The molecule has 4 aromatic carbocycles. The summed E-state index contributed by atoms with van der Waals surface area (Å²) >= 11 is 0. The van der Waals surface area contributed by atoms with Crippen LogP contribution >= 0.6 is 0 Å². The highest BCUT2D eigenvalue weighted by Gasteiger charge is 2.32. The van der Waals surface area contributed by atoms with E-state index in [1.165, 1.54) is 0 Å². The number of rotatable bonds is 10. The Morgan fingerprint density at radius 1 is 0.732 bits per heavy atom. The van der Waals surface area contributed by atoms with Crippen LogP contribution in [0.4, 0.5) is 11.4 Å². The fourth-order valence-corrected chi connectivity index (χ4v) is 4.56. The van der Waals surface area contributed by atoms with Crippen LogP contribution in [0, 0.1) is 0 Å². The zero-order valence-corrected chi connectivity index (χ0v) is 23.2. The molecule has 7 nitrogen and oxygen atoms in total. The molecule has 0 N–H and O–H groups in total. The van der Waals surface area contributed by atoms with Gasteiger partial charge < -0.3 is 14.2 Å². The molecular formula is C34H30N2O5. The van der Waals surface area contributed by atoms with Crippen molar-refractivity contribution >= 4 is 35.6 Å². The van der Waals surface area contributed by atoms with Crippen molar-refractivity contribution in [3.63, 3.8) is 0 Å². The standard InChI is InChI=1S/C34H30N2O5/c1-4-5-16-41-34(38)31-19-25(36-21-23-8-13-27(40-3)14-9-23)18-30-32(31)28-15-10-24(17-29(28)33(30)37)35-20-22-6-11-26(39-2)12-7-22/h6-15,17-21H,4-5,16H2,1-3H3. The van der Waals surface area contributed by atoms with Gasteiger partial charge in [-0.1, -0.05) is 19.4 Å². The van der Waals surface area contributed by atoms with E-state index in [1.807, 2.05) is 67.6 Å². The van der Waals surface area contributed by atoms with E-state index in [0.717, 1.165) is 35.5 Å². The van der Waals surface area contributed by atoms with Gasteiger partial charge in [-0.25, -0.2) is 4.79 Å². The molecule has 4 aromatic rings.